The molecule has 7 heteroatoms. The lowest BCUT2D eigenvalue weighted by atomic mass is 9.99. The third-order valence-electron chi connectivity index (χ3n) is 5.26. The van der Waals surface area contributed by atoms with Crippen LogP contribution in [0.2, 0.25) is 0 Å². The summed E-state index contributed by atoms with van der Waals surface area (Å²) in [6.07, 6.45) is 2.97. The summed E-state index contributed by atoms with van der Waals surface area (Å²) in [5.41, 5.74) is 2.45. The van der Waals surface area contributed by atoms with Gasteiger partial charge in [0.25, 0.3) is 0 Å². The Balaban J connectivity index is 1.78. The van der Waals surface area contributed by atoms with Gasteiger partial charge in [0.1, 0.15) is 0 Å². The Morgan fingerprint density at radius 3 is 2.79 bits per heavy atom. The van der Waals surface area contributed by atoms with Crippen molar-refractivity contribution >= 4 is 21.6 Å². The number of nitrogens with zero attached hydrogens (tertiary/aromatic N) is 2. The number of anilines is 1. The smallest absolute Gasteiger partial charge is 0.224 e. The van der Waals surface area contributed by atoms with Crippen LogP contribution in [0.4, 0.5) is 5.69 Å². The fourth-order valence-corrected chi connectivity index (χ4v) is 5.30. The normalized spacial score (nSPS) is 18.0. The van der Waals surface area contributed by atoms with Gasteiger partial charge in [0, 0.05) is 38.4 Å². The largest absolute Gasteiger partial charge is 0.372 e. The third-order valence-corrected chi connectivity index (χ3v) is 7.31. The Kier molecular flexibility index (Phi) is 8.76. The van der Waals surface area contributed by atoms with Crippen molar-refractivity contribution in [1.82, 2.24) is 9.62 Å². The number of sulfonamides is 1. The van der Waals surface area contributed by atoms with Crippen LogP contribution in [0.15, 0.2) is 24.3 Å². The second-order valence-electron chi connectivity index (χ2n) is 7.58. The average molecular weight is 410 g/mol. The maximum absolute atomic E-state index is 12.5. The van der Waals surface area contributed by atoms with Gasteiger partial charge in [0.05, 0.1) is 11.7 Å². The zero-order valence-electron chi connectivity index (χ0n) is 17.5. The van der Waals surface area contributed by atoms with Crippen molar-refractivity contribution in [2.45, 2.75) is 46.5 Å². The summed E-state index contributed by atoms with van der Waals surface area (Å²) < 4.78 is 26.0. The molecule has 1 N–H and O–H groups in total. The molecule has 1 aliphatic rings. The van der Waals surface area contributed by atoms with E-state index in [9.17, 15) is 13.2 Å². The number of hydrogen-bond donors (Lipinski definition) is 1. The minimum Gasteiger partial charge on any atom is -0.372 e. The molecule has 1 atom stereocenters. The summed E-state index contributed by atoms with van der Waals surface area (Å²) in [6.45, 7) is 9.35. The molecule has 6 nitrogen and oxygen atoms in total. The molecule has 0 unspecified atom stereocenters. The lowest BCUT2D eigenvalue weighted by Gasteiger charge is -2.31. The third kappa shape index (κ3) is 6.48. The molecule has 2 rings (SSSR count). The van der Waals surface area contributed by atoms with E-state index < -0.39 is 10.0 Å². The van der Waals surface area contributed by atoms with Crippen molar-refractivity contribution in [3.8, 4) is 0 Å². The van der Waals surface area contributed by atoms with Crippen molar-refractivity contribution in [3.63, 3.8) is 0 Å². The summed E-state index contributed by atoms with van der Waals surface area (Å²) in [7, 11) is -3.23. The van der Waals surface area contributed by atoms with E-state index >= 15 is 0 Å². The maximum atomic E-state index is 12.5. The number of benzene rings is 1. The quantitative estimate of drug-likeness (QED) is 0.603. The van der Waals surface area contributed by atoms with E-state index in [1.165, 1.54) is 15.6 Å². The van der Waals surface area contributed by atoms with Crippen molar-refractivity contribution in [2.24, 2.45) is 5.92 Å². The van der Waals surface area contributed by atoms with Gasteiger partial charge in [-0.25, -0.2) is 12.7 Å². The molecular weight excluding hydrogens is 374 g/mol. The van der Waals surface area contributed by atoms with E-state index in [1.54, 1.807) is 0 Å². The summed E-state index contributed by atoms with van der Waals surface area (Å²) in [4.78, 5) is 14.8. The van der Waals surface area contributed by atoms with E-state index in [1.807, 2.05) is 6.92 Å². The Morgan fingerprint density at radius 1 is 1.32 bits per heavy atom. The molecule has 1 aromatic carbocycles. The second-order valence-corrected chi connectivity index (χ2v) is 9.66. The van der Waals surface area contributed by atoms with E-state index in [0.29, 0.717) is 26.1 Å². The number of amides is 1. The zero-order valence-corrected chi connectivity index (χ0v) is 18.3. The van der Waals surface area contributed by atoms with Gasteiger partial charge >= 0.3 is 0 Å². The number of carbonyl (C=O) groups is 1. The highest BCUT2D eigenvalue weighted by Gasteiger charge is 2.31. The highest BCUT2D eigenvalue weighted by molar-refractivity contribution is 7.89. The average Bonchev–Trinajstić information content (AvgIpc) is 2.68. The summed E-state index contributed by atoms with van der Waals surface area (Å²) in [5.74, 6) is -0.0953. The van der Waals surface area contributed by atoms with Crippen molar-refractivity contribution in [2.75, 3.05) is 43.4 Å². The van der Waals surface area contributed by atoms with Gasteiger partial charge in [-0.05, 0) is 57.2 Å². The first-order valence-corrected chi connectivity index (χ1v) is 12.1. The molecule has 0 spiro atoms. The molecule has 0 radical (unpaired) electrons. The van der Waals surface area contributed by atoms with Gasteiger partial charge in [-0.3, -0.25) is 4.79 Å². The second kappa shape index (κ2) is 10.8. The molecular formula is C21H35N3O3S. The molecule has 0 aromatic heterocycles. The molecule has 0 saturated carbocycles. The van der Waals surface area contributed by atoms with Crippen LogP contribution in [0.3, 0.4) is 0 Å². The molecule has 28 heavy (non-hydrogen) atoms. The number of aryl methyl sites for hydroxylation is 1. The Morgan fingerprint density at radius 2 is 2.11 bits per heavy atom. The lowest BCUT2D eigenvalue weighted by Crippen LogP contribution is -2.46. The number of piperidine rings is 1. The monoisotopic (exact) mass is 409 g/mol. The minimum atomic E-state index is -3.23. The molecule has 1 aliphatic heterocycles. The van der Waals surface area contributed by atoms with Crippen molar-refractivity contribution in [3.05, 3.63) is 29.8 Å². The number of rotatable bonds is 10. The van der Waals surface area contributed by atoms with Gasteiger partial charge in [0.2, 0.25) is 15.9 Å². The van der Waals surface area contributed by atoms with Crippen LogP contribution in [0.1, 0.15) is 45.1 Å². The van der Waals surface area contributed by atoms with E-state index in [4.69, 9.17) is 0 Å². The molecule has 1 fully saturated rings. The van der Waals surface area contributed by atoms with E-state index in [0.717, 1.165) is 32.4 Å². The fourth-order valence-electron chi connectivity index (χ4n) is 3.72. The SMILES string of the molecule is CCCS(=O)(=O)N1CCC[C@H](C(=O)NCCCN(CC)c2cccc(C)c2)C1. The van der Waals surface area contributed by atoms with Crippen LogP contribution < -0.4 is 10.2 Å². The van der Waals surface area contributed by atoms with E-state index in [-0.39, 0.29) is 17.6 Å². The van der Waals surface area contributed by atoms with Crippen LogP contribution in [-0.2, 0) is 14.8 Å². The molecule has 0 aliphatic carbocycles. The highest BCUT2D eigenvalue weighted by atomic mass is 32.2. The zero-order chi connectivity index (χ0) is 20.6. The summed E-state index contributed by atoms with van der Waals surface area (Å²) in [6, 6.07) is 8.44. The first kappa shape index (κ1) is 22.7. The molecule has 1 aromatic rings. The first-order valence-electron chi connectivity index (χ1n) is 10.4. The standard InChI is InChI=1S/C21H35N3O3S/c1-4-15-28(26,27)24-14-7-10-19(17-24)21(25)22-12-8-13-23(5-2)20-11-6-9-18(3)16-20/h6,9,11,16,19H,4-5,7-8,10,12-15,17H2,1-3H3,(H,22,25)/t19-/m0/s1. The molecule has 0 bridgehead atoms. The lowest BCUT2D eigenvalue weighted by molar-refractivity contribution is -0.126. The Bertz CT molecular complexity index is 736. The first-order chi connectivity index (χ1) is 13.4. The van der Waals surface area contributed by atoms with Crippen LogP contribution in [0.25, 0.3) is 0 Å². The number of nitrogens with one attached hydrogen (secondary N) is 1. The van der Waals surface area contributed by atoms with Crippen molar-refractivity contribution < 1.29 is 13.2 Å². The van der Waals surface area contributed by atoms with Gasteiger partial charge in [-0.2, -0.15) is 0 Å². The molecule has 1 amide bonds. The fraction of sp³-hybridized carbons (Fsp3) is 0.667. The van der Waals surface area contributed by atoms with Crippen LogP contribution in [-0.4, -0.2) is 57.1 Å². The van der Waals surface area contributed by atoms with E-state index in [2.05, 4.69) is 48.3 Å². The summed E-state index contributed by atoms with van der Waals surface area (Å²) >= 11 is 0. The predicted molar refractivity (Wildman–Crippen MR) is 115 cm³/mol. The van der Waals surface area contributed by atoms with Crippen LogP contribution in [0.5, 0.6) is 0 Å². The Hall–Kier alpha value is -1.60. The van der Waals surface area contributed by atoms with Gasteiger partial charge < -0.3 is 10.2 Å². The van der Waals surface area contributed by atoms with Gasteiger partial charge in [0.15, 0.2) is 0 Å². The summed E-state index contributed by atoms with van der Waals surface area (Å²) in [5, 5.41) is 3.01. The van der Waals surface area contributed by atoms with Crippen LogP contribution in [0, 0.1) is 12.8 Å². The predicted octanol–water partition coefficient (Wildman–Crippen LogP) is 2.78. The minimum absolute atomic E-state index is 0.0185. The topological polar surface area (TPSA) is 69.7 Å². The van der Waals surface area contributed by atoms with Gasteiger partial charge in [-0.1, -0.05) is 19.1 Å². The Labute approximate surface area is 170 Å². The van der Waals surface area contributed by atoms with Crippen molar-refractivity contribution in [1.29, 1.82) is 0 Å². The maximum Gasteiger partial charge on any atom is 0.224 e. The van der Waals surface area contributed by atoms with Gasteiger partial charge in [-0.15, -0.1) is 0 Å². The molecule has 158 valence electrons. The molecule has 1 saturated heterocycles. The van der Waals surface area contributed by atoms with Crippen LogP contribution >= 0.6 is 0 Å². The highest BCUT2D eigenvalue weighted by Crippen LogP contribution is 2.20. The number of hydrogen-bond acceptors (Lipinski definition) is 4. The number of carbonyl (C=O) groups excluding carboxylic acids is 1. The molecule has 1 heterocycles.